The van der Waals surface area contributed by atoms with Gasteiger partial charge in [0.1, 0.15) is 23.0 Å². The van der Waals surface area contributed by atoms with E-state index >= 15 is 0 Å². The van der Waals surface area contributed by atoms with Gasteiger partial charge < -0.3 is 34.0 Å². The van der Waals surface area contributed by atoms with Crippen LogP contribution >= 0.6 is 0 Å². The first kappa shape index (κ1) is 41.1. The van der Waals surface area contributed by atoms with Crippen LogP contribution in [0.5, 0.6) is 11.5 Å². The van der Waals surface area contributed by atoms with Crippen LogP contribution in [-0.4, -0.2) is 47.3 Å². The third-order valence-electron chi connectivity index (χ3n) is 8.46. The van der Waals surface area contributed by atoms with Crippen molar-refractivity contribution in [2.24, 2.45) is 0 Å². The molecule has 0 bridgehead atoms. The van der Waals surface area contributed by atoms with E-state index < -0.39 is 5.97 Å². The van der Waals surface area contributed by atoms with E-state index in [0.717, 1.165) is 64.1 Å². The molecule has 284 valence electrons. The number of aromatic nitrogens is 2. The van der Waals surface area contributed by atoms with E-state index in [1.54, 1.807) is 0 Å². The predicted octanol–water partition coefficient (Wildman–Crippen LogP) is 9.02. The second kappa shape index (κ2) is 21.1. The Balaban J connectivity index is 0.000000236. The van der Waals surface area contributed by atoms with Gasteiger partial charge in [0, 0.05) is 36.6 Å². The summed E-state index contributed by atoms with van der Waals surface area (Å²) in [7, 11) is 0. The van der Waals surface area contributed by atoms with Gasteiger partial charge in [-0.1, -0.05) is 75.0 Å². The lowest BCUT2D eigenvalue weighted by atomic mass is 10.1. The molecular formula is C44H52N4O6. The largest absolute Gasteiger partial charge is 0.493 e. The summed E-state index contributed by atoms with van der Waals surface area (Å²) in [6.45, 7) is 10.6. The first-order chi connectivity index (χ1) is 25.8. The molecule has 0 saturated carbocycles. The zero-order chi connectivity index (χ0) is 37.4. The van der Waals surface area contributed by atoms with Crippen LogP contribution < -0.4 is 20.1 Å². The van der Waals surface area contributed by atoms with Crippen molar-refractivity contribution in [3.63, 3.8) is 0 Å². The number of carboxylic acids is 1. The van der Waals surface area contributed by atoms with Gasteiger partial charge >= 0.3 is 5.97 Å². The third-order valence-corrected chi connectivity index (χ3v) is 8.46. The van der Waals surface area contributed by atoms with E-state index in [9.17, 15) is 4.79 Å². The molecule has 54 heavy (non-hydrogen) atoms. The standard InChI is InChI=1S/C22H26N2O2.C21H22N2O4.CH4/c1-4-23-16(2)18-10-12-20(13-11-18)25-15-14-21-17(3)26-22(24-21)19-8-6-5-7-9-19;1-15-19(23-21(27-15)17-5-3-2-4-6-17)11-12-26-18-9-7-16(8-10-18)13-22-14-20(24)25;/h5-13,16,23H,4,14-15H2,1-3H3;2-10,22H,11-14H2,1H3,(H,24,25);1H4. The van der Waals surface area contributed by atoms with E-state index in [2.05, 4.69) is 46.6 Å². The summed E-state index contributed by atoms with van der Waals surface area (Å²) in [4.78, 5) is 19.7. The lowest BCUT2D eigenvalue weighted by Gasteiger charge is -2.13. The number of nitrogens with one attached hydrogen (secondary N) is 2. The number of carboxylic acid groups (broad SMARTS) is 1. The van der Waals surface area contributed by atoms with Gasteiger partial charge in [-0.15, -0.1) is 0 Å². The van der Waals surface area contributed by atoms with Crippen molar-refractivity contribution in [2.75, 3.05) is 26.3 Å². The highest BCUT2D eigenvalue weighted by Crippen LogP contribution is 2.24. The van der Waals surface area contributed by atoms with Gasteiger partial charge in [-0.2, -0.15) is 0 Å². The van der Waals surface area contributed by atoms with Gasteiger partial charge in [-0.3, -0.25) is 4.79 Å². The van der Waals surface area contributed by atoms with E-state index in [1.807, 2.05) is 111 Å². The van der Waals surface area contributed by atoms with Crippen LogP contribution in [0.1, 0.15) is 61.4 Å². The Morgan fingerprint density at radius 1 is 0.722 bits per heavy atom. The summed E-state index contributed by atoms with van der Waals surface area (Å²) >= 11 is 0. The zero-order valence-electron chi connectivity index (χ0n) is 30.8. The Labute approximate surface area is 318 Å². The Bertz CT molecular complexity index is 1970. The number of oxazole rings is 2. The Hall–Kier alpha value is -5.71. The second-order valence-corrected chi connectivity index (χ2v) is 12.5. The first-order valence-corrected chi connectivity index (χ1v) is 17.9. The third kappa shape index (κ3) is 12.5. The number of hydrogen-bond donors (Lipinski definition) is 3. The summed E-state index contributed by atoms with van der Waals surface area (Å²) in [6, 6.07) is 36.0. The van der Waals surface area contributed by atoms with Crippen LogP contribution in [0.4, 0.5) is 0 Å². The van der Waals surface area contributed by atoms with Crippen LogP contribution in [0.2, 0.25) is 0 Å². The molecule has 0 radical (unpaired) electrons. The maximum Gasteiger partial charge on any atom is 0.317 e. The number of aliphatic carboxylic acids is 1. The zero-order valence-corrected chi connectivity index (χ0v) is 30.8. The SMILES string of the molecule is C.CCNC(C)c1ccc(OCCc2nc(-c3ccccc3)oc2C)cc1.Cc1oc(-c2ccccc2)nc1CCOc1ccc(CNCC(=O)O)cc1. The molecule has 0 saturated heterocycles. The second-order valence-electron chi connectivity index (χ2n) is 12.5. The molecule has 0 aliphatic rings. The fraction of sp³-hybridized carbons (Fsp3) is 0.295. The number of benzene rings is 4. The molecule has 2 heterocycles. The van der Waals surface area contributed by atoms with Crippen molar-refractivity contribution in [1.29, 1.82) is 0 Å². The minimum absolute atomic E-state index is 0. The number of nitrogens with zero attached hydrogens (tertiary/aromatic N) is 2. The molecule has 10 heteroatoms. The lowest BCUT2D eigenvalue weighted by Crippen LogP contribution is -2.21. The van der Waals surface area contributed by atoms with Crippen molar-refractivity contribution in [1.82, 2.24) is 20.6 Å². The molecule has 6 aromatic rings. The quantitative estimate of drug-likeness (QED) is 0.0835. The molecule has 1 atom stereocenters. The summed E-state index contributed by atoms with van der Waals surface area (Å²) in [5.74, 6) is 3.72. The van der Waals surface area contributed by atoms with Gasteiger partial charge in [0.05, 0.1) is 31.1 Å². The smallest absolute Gasteiger partial charge is 0.317 e. The van der Waals surface area contributed by atoms with Crippen LogP contribution in [0.25, 0.3) is 22.9 Å². The highest BCUT2D eigenvalue weighted by Gasteiger charge is 2.13. The summed E-state index contributed by atoms with van der Waals surface area (Å²) in [5.41, 5.74) is 6.06. The van der Waals surface area contributed by atoms with Crippen molar-refractivity contribution in [3.8, 4) is 34.4 Å². The molecular weight excluding hydrogens is 681 g/mol. The van der Waals surface area contributed by atoms with Crippen LogP contribution in [0, 0.1) is 13.8 Å². The molecule has 6 rings (SSSR count). The molecule has 0 spiro atoms. The fourth-order valence-electron chi connectivity index (χ4n) is 5.55. The van der Waals surface area contributed by atoms with E-state index in [0.29, 0.717) is 44.0 Å². The average Bonchev–Trinajstić information content (AvgIpc) is 3.74. The van der Waals surface area contributed by atoms with Crippen molar-refractivity contribution in [3.05, 3.63) is 143 Å². The summed E-state index contributed by atoms with van der Waals surface area (Å²) in [6.07, 6.45) is 1.38. The highest BCUT2D eigenvalue weighted by molar-refractivity contribution is 5.69. The average molecular weight is 733 g/mol. The number of aryl methyl sites for hydroxylation is 2. The number of ether oxygens (including phenoxy) is 2. The maximum atomic E-state index is 10.5. The van der Waals surface area contributed by atoms with Crippen LogP contribution in [-0.2, 0) is 24.2 Å². The van der Waals surface area contributed by atoms with Crippen molar-refractivity contribution >= 4 is 5.97 Å². The summed E-state index contributed by atoms with van der Waals surface area (Å²) < 4.78 is 23.2. The van der Waals surface area contributed by atoms with Crippen molar-refractivity contribution in [2.45, 2.75) is 60.5 Å². The highest BCUT2D eigenvalue weighted by atomic mass is 16.5. The first-order valence-electron chi connectivity index (χ1n) is 17.9. The van der Waals surface area contributed by atoms with E-state index in [1.165, 1.54) is 5.56 Å². The van der Waals surface area contributed by atoms with Gasteiger partial charge in [0.2, 0.25) is 11.8 Å². The molecule has 0 aliphatic heterocycles. The van der Waals surface area contributed by atoms with Gasteiger partial charge in [0.25, 0.3) is 0 Å². The molecule has 4 aromatic carbocycles. The molecule has 0 fully saturated rings. The molecule has 10 nitrogen and oxygen atoms in total. The number of rotatable bonds is 17. The maximum absolute atomic E-state index is 10.5. The lowest BCUT2D eigenvalue weighted by molar-refractivity contribution is -0.136. The topological polar surface area (TPSA) is 132 Å². The molecule has 1 unspecified atom stereocenters. The van der Waals surface area contributed by atoms with Crippen LogP contribution in [0.15, 0.2) is 118 Å². The monoisotopic (exact) mass is 732 g/mol. The Morgan fingerprint density at radius 2 is 1.19 bits per heavy atom. The minimum Gasteiger partial charge on any atom is -0.493 e. The fourth-order valence-corrected chi connectivity index (χ4v) is 5.55. The van der Waals surface area contributed by atoms with Gasteiger partial charge in [-0.05, 0) is 87.0 Å². The van der Waals surface area contributed by atoms with E-state index in [4.69, 9.17) is 23.4 Å². The Morgan fingerprint density at radius 3 is 1.63 bits per heavy atom. The van der Waals surface area contributed by atoms with E-state index in [-0.39, 0.29) is 14.0 Å². The van der Waals surface area contributed by atoms with Gasteiger partial charge in [-0.25, -0.2) is 9.97 Å². The van der Waals surface area contributed by atoms with Crippen LogP contribution in [0.3, 0.4) is 0 Å². The predicted molar refractivity (Wildman–Crippen MR) is 213 cm³/mol. The minimum atomic E-state index is -0.867. The molecule has 0 amide bonds. The molecule has 0 aliphatic carbocycles. The molecule has 3 N–H and O–H groups in total. The number of hydrogen-bond acceptors (Lipinski definition) is 9. The summed E-state index contributed by atoms with van der Waals surface area (Å²) in [5, 5.41) is 14.9. The molecule has 2 aromatic heterocycles. The van der Waals surface area contributed by atoms with Crippen molar-refractivity contribution < 1.29 is 28.2 Å². The van der Waals surface area contributed by atoms with Gasteiger partial charge in [0.15, 0.2) is 0 Å². The Kier molecular flexibility index (Phi) is 16.0. The number of carbonyl (C=O) groups is 1. The normalized spacial score (nSPS) is 11.2.